The normalized spacial score (nSPS) is 22.3. The Bertz CT molecular complexity index is 639. The highest BCUT2D eigenvalue weighted by Gasteiger charge is 2.37. The Morgan fingerprint density at radius 1 is 1.26 bits per heavy atom. The van der Waals surface area contributed by atoms with Crippen molar-refractivity contribution in [1.82, 2.24) is 25.2 Å². The van der Waals surface area contributed by atoms with Gasteiger partial charge in [-0.15, -0.1) is 0 Å². The third-order valence-electron chi connectivity index (χ3n) is 3.96. The average Bonchev–Trinajstić information content (AvgIpc) is 3.19. The minimum absolute atomic E-state index is 0.0215. The zero-order chi connectivity index (χ0) is 16.4. The number of likely N-dealkylation sites (tertiary alicyclic amines) is 1. The Morgan fingerprint density at radius 3 is 2.74 bits per heavy atom. The molecule has 0 bridgehead atoms. The third kappa shape index (κ3) is 3.76. The maximum atomic E-state index is 5.50. The summed E-state index contributed by atoms with van der Waals surface area (Å²) in [6, 6.07) is 0.0215. The van der Waals surface area contributed by atoms with Crippen LogP contribution in [0.1, 0.15) is 49.7 Å². The quantitative estimate of drug-likeness (QED) is 0.797. The standard InChI is InChI=1S/C15H23N5O3/c1-9(2)5-14-17-13(19-22-14)8-20-7-11(21-4)6-12(20)15-16-10(3)18-23-15/h9,11-12H,5-8H2,1-4H3/t11-,12-/m1/s1. The molecule has 2 aromatic rings. The molecule has 2 atom stereocenters. The molecule has 1 fully saturated rings. The van der Waals surface area contributed by atoms with E-state index in [1.165, 1.54) is 0 Å². The Hall–Kier alpha value is -1.80. The van der Waals surface area contributed by atoms with Gasteiger partial charge in [-0.1, -0.05) is 24.2 Å². The minimum atomic E-state index is 0.0215. The summed E-state index contributed by atoms with van der Waals surface area (Å²) in [5.74, 6) is 3.11. The van der Waals surface area contributed by atoms with Crippen molar-refractivity contribution in [3.63, 3.8) is 0 Å². The lowest BCUT2D eigenvalue weighted by molar-refractivity contribution is 0.106. The van der Waals surface area contributed by atoms with Gasteiger partial charge in [0.2, 0.25) is 11.8 Å². The molecule has 2 aromatic heterocycles. The van der Waals surface area contributed by atoms with E-state index in [2.05, 4.69) is 39.0 Å². The number of ether oxygens (including phenoxy) is 1. The van der Waals surface area contributed by atoms with E-state index in [4.69, 9.17) is 13.8 Å². The summed E-state index contributed by atoms with van der Waals surface area (Å²) < 4.78 is 16.2. The summed E-state index contributed by atoms with van der Waals surface area (Å²) >= 11 is 0. The van der Waals surface area contributed by atoms with Gasteiger partial charge in [0.15, 0.2) is 11.6 Å². The first-order valence-electron chi connectivity index (χ1n) is 7.93. The van der Waals surface area contributed by atoms with Crippen molar-refractivity contribution in [2.24, 2.45) is 5.92 Å². The number of aryl methyl sites for hydroxylation is 1. The van der Waals surface area contributed by atoms with Crippen LogP contribution in [0.2, 0.25) is 0 Å². The SMILES string of the molecule is CO[C@@H]1C[C@H](c2nc(C)no2)N(Cc2noc(CC(C)C)n2)C1. The number of nitrogens with zero attached hydrogens (tertiary/aromatic N) is 5. The molecule has 0 amide bonds. The molecule has 1 aliphatic rings. The van der Waals surface area contributed by atoms with Gasteiger partial charge in [-0.25, -0.2) is 0 Å². The lowest BCUT2D eigenvalue weighted by atomic mass is 10.1. The fraction of sp³-hybridized carbons (Fsp3) is 0.733. The molecule has 0 radical (unpaired) electrons. The zero-order valence-electron chi connectivity index (χ0n) is 14.0. The number of methoxy groups -OCH3 is 1. The van der Waals surface area contributed by atoms with Gasteiger partial charge in [0.05, 0.1) is 18.7 Å². The molecule has 1 aliphatic heterocycles. The van der Waals surface area contributed by atoms with Crippen molar-refractivity contribution in [1.29, 1.82) is 0 Å². The number of rotatable bonds is 6. The highest BCUT2D eigenvalue weighted by Crippen LogP contribution is 2.33. The van der Waals surface area contributed by atoms with Gasteiger partial charge in [-0.05, 0) is 19.3 Å². The van der Waals surface area contributed by atoms with Gasteiger partial charge in [0.1, 0.15) is 0 Å². The van der Waals surface area contributed by atoms with Gasteiger partial charge >= 0.3 is 0 Å². The molecule has 126 valence electrons. The van der Waals surface area contributed by atoms with E-state index in [0.717, 1.165) is 19.4 Å². The van der Waals surface area contributed by atoms with E-state index in [1.807, 2.05) is 6.92 Å². The lowest BCUT2D eigenvalue weighted by Crippen LogP contribution is -2.25. The fourth-order valence-electron chi connectivity index (χ4n) is 2.88. The molecule has 3 heterocycles. The second-order valence-corrected chi connectivity index (χ2v) is 6.42. The molecule has 8 heteroatoms. The predicted octanol–water partition coefficient (Wildman–Crippen LogP) is 1.92. The highest BCUT2D eigenvalue weighted by molar-refractivity contribution is 5.00. The molecular formula is C15H23N5O3. The molecule has 23 heavy (non-hydrogen) atoms. The molecule has 0 saturated carbocycles. The predicted molar refractivity (Wildman–Crippen MR) is 80.4 cm³/mol. The van der Waals surface area contributed by atoms with E-state index < -0.39 is 0 Å². The van der Waals surface area contributed by atoms with Gasteiger partial charge in [0.25, 0.3) is 0 Å². The van der Waals surface area contributed by atoms with Crippen LogP contribution in [0.3, 0.4) is 0 Å². The number of hydrogen-bond acceptors (Lipinski definition) is 8. The van der Waals surface area contributed by atoms with Gasteiger partial charge in [-0.2, -0.15) is 9.97 Å². The molecule has 0 N–H and O–H groups in total. The summed E-state index contributed by atoms with van der Waals surface area (Å²) in [6.07, 6.45) is 1.74. The largest absolute Gasteiger partial charge is 0.380 e. The summed E-state index contributed by atoms with van der Waals surface area (Å²) in [5, 5.41) is 7.97. The smallest absolute Gasteiger partial charge is 0.244 e. The Kier molecular flexibility index (Phi) is 4.72. The number of hydrogen-bond donors (Lipinski definition) is 0. The first-order chi connectivity index (χ1) is 11.0. The third-order valence-corrected chi connectivity index (χ3v) is 3.96. The second-order valence-electron chi connectivity index (χ2n) is 6.42. The van der Waals surface area contributed by atoms with Crippen LogP contribution < -0.4 is 0 Å². The molecule has 0 spiro atoms. The monoisotopic (exact) mass is 321 g/mol. The van der Waals surface area contributed by atoms with Crippen molar-refractivity contribution >= 4 is 0 Å². The van der Waals surface area contributed by atoms with Gasteiger partial charge < -0.3 is 13.8 Å². The average molecular weight is 321 g/mol. The van der Waals surface area contributed by atoms with Gasteiger partial charge in [0, 0.05) is 20.1 Å². The lowest BCUT2D eigenvalue weighted by Gasteiger charge is -2.18. The summed E-state index contributed by atoms with van der Waals surface area (Å²) in [7, 11) is 1.72. The van der Waals surface area contributed by atoms with Gasteiger partial charge in [-0.3, -0.25) is 4.90 Å². The van der Waals surface area contributed by atoms with Crippen molar-refractivity contribution in [2.75, 3.05) is 13.7 Å². The molecule has 1 saturated heterocycles. The fourth-order valence-corrected chi connectivity index (χ4v) is 2.88. The molecule has 0 aliphatic carbocycles. The van der Waals surface area contributed by atoms with Crippen LogP contribution >= 0.6 is 0 Å². The van der Waals surface area contributed by atoms with Crippen molar-refractivity contribution < 1.29 is 13.8 Å². The summed E-state index contributed by atoms with van der Waals surface area (Å²) in [4.78, 5) is 11.0. The van der Waals surface area contributed by atoms with Crippen LogP contribution in [0.4, 0.5) is 0 Å². The van der Waals surface area contributed by atoms with Crippen LogP contribution in [-0.2, 0) is 17.7 Å². The van der Waals surface area contributed by atoms with E-state index >= 15 is 0 Å². The van der Waals surface area contributed by atoms with Crippen molar-refractivity contribution in [3.05, 3.63) is 23.4 Å². The molecule has 3 rings (SSSR count). The van der Waals surface area contributed by atoms with E-state index in [-0.39, 0.29) is 12.1 Å². The van der Waals surface area contributed by atoms with E-state index in [0.29, 0.717) is 35.9 Å². The van der Waals surface area contributed by atoms with Crippen LogP contribution in [-0.4, -0.2) is 44.9 Å². The van der Waals surface area contributed by atoms with Crippen LogP contribution in [0.25, 0.3) is 0 Å². The zero-order valence-corrected chi connectivity index (χ0v) is 14.0. The van der Waals surface area contributed by atoms with E-state index in [9.17, 15) is 0 Å². The first kappa shape index (κ1) is 16.1. The Balaban J connectivity index is 1.72. The minimum Gasteiger partial charge on any atom is -0.380 e. The summed E-state index contributed by atoms with van der Waals surface area (Å²) in [6.45, 7) is 7.42. The van der Waals surface area contributed by atoms with Crippen molar-refractivity contribution in [3.8, 4) is 0 Å². The van der Waals surface area contributed by atoms with Crippen molar-refractivity contribution in [2.45, 2.75) is 52.3 Å². The molecular weight excluding hydrogens is 298 g/mol. The maximum absolute atomic E-state index is 5.50. The van der Waals surface area contributed by atoms with Crippen LogP contribution in [0.15, 0.2) is 9.05 Å². The first-order valence-corrected chi connectivity index (χ1v) is 7.93. The molecule has 8 nitrogen and oxygen atoms in total. The maximum Gasteiger partial charge on any atom is 0.244 e. The van der Waals surface area contributed by atoms with Crippen LogP contribution in [0.5, 0.6) is 0 Å². The van der Waals surface area contributed by atoms with Crippen LogP contribution in [0, 0.1) is 12.8 Å². The second kappa shape index (κ2) is 6.76. The Morgan fingerprint density at radius 2 is 2.09 bits per heavy atom. The number of aromatic nitrogens is 4. The topological polar surface area (TPSA) is 90.3 Å². The highest BCUT2D eigenvalue weighted by atomic mass is 16.5. The molecule has 0 unspecified atom stereocenters. The summed E-state index contributed by atoms with van der Waals surface area (Å²) in [5.41, 5.74) is 0. The Labute approximate surface area is 135 Å². The molecule has 0 aromatic carbocycles. The van der Waals surface area contributed by atoms with E-state index in [1.54, 1.807) is 7.11 Å².